The van der Waals surface area contributed by atoms with Crippen molar-refractivity contribution in [1.82, 2.24) is 14.9 Å². The molecule has 0 atom stereocenters. The second-order valence-electron chi connectivity index (χ2n) is 8.38. The Bertz CT molecular complexity index is 1250. The molecule has 1 N–H and O–H groups in total. The Morgan fingerprint density at radius 3 is 2.72 bits per heavy atom. The van der Waals surface area contributed by atoms with Crippen molar-refractivity contribution in [3.05, 3.63) is 98.7 Å². The highest BCUT2D eigenvalue weighted by Gasteiger charge is 2.27. The van der Waals surface area contributed by atoms with Crippen molar-refractivity contribution in [2.45, 2.75) is 32.6 Å². The summed E-state index contributed by atoms with van der Waals surface area (Å²) in [6, 6.07) is 11.6. The van der Waals surface area contributed by atoms with E-state index >= 15 is 0 Å². The number of nitrogens with one attached hydrogen (secondary N) is 1. The molecule has 0 bridgehead atoms. The highest BCUT2D eigenvalue weighted by Crippen LogP contribution is 2.37. The van der Waals surface area contributed by atoms with E-state index in [9.17, 15) is 9.59 Å². The summed E-state index contributed by atoms with van der Waals surface area (Å²) in [6.07, 6.45) is 7.61. The van der Waals surface area contributed by atoms with Gasteiger partial charge in [0, 0.05) is 42.7 Å². The Morgan fingerprint density at radius 2 is 1.94 bits per heavy atom. The van der Waals surface area contributed by atoms with Crippen LogP contribution in [0.1, 0.15) is 40.8 Å². The third kappa shape index (κ3) is 3.84. The van der Waals surface area contributed by atoms with Crippen molar-refractivity contribution in [2.24, 2.45) is 0 Å². The predicted molar refractivity (Wildman–Crippen MR) is 123 cm³/mol. The number of hydrogen-bond donors (Lipinski definition) is 1. The molecule has 2 aliphatic rings. The molecule has 3 heterocycles. The van der Waals surface area contributed by atoms with Crippen molar-refractivity contribution < 1.29 is 9.53 Å². The zero-order valence-corrected chi connectivity index (χ0v) is 18.1. The Morgan fingerprint density at radius 1 is 1.09 bits per heavy atom. The van der Waals surface area contributed by atoms with Gasteiger partial charge < -0.3 is 14.6 Å². The Labute approximate surface area is 186 Å². The van der Waals surface area contributed by atoms with E-state index in [4.69, 9.17) is 4.74 Å². The van der Waals surface area contributed by atoms with Crippen LogP contribution in [0, 0.1) is 6.92 Å². The van der Waals surface area contributed by atoms with Gasteiger partial charge in [-0.1, -0.05) is 29.3 Å². The molecule has 6 heteroatoms. The Hall–Kier alpha value is -3.67. The summed E-state index contributed by atoms with van der Waals surface area (Å²) in [6.45, 7) is 3.25. The number of hydrogen-bond acceptors (Lipinski definition) is 4. The van der Waals surface area contributed by atoms with E-state index in [0.29, 0.717) is 18.8 Å². The van der Waals surface area contributed by atoms with Crippen LogP contribution < -0.4 is 10.2 Å². The molecular weight excluding hydrogens is 402 g/mol. The minimum atomic E-state index is -0.354. The van der Waals surface area contributed by atoms with E-state index in [-0.39, 0.29) is 11.5 Å². The minimum Gasteiger partial charge on any atom is -0.409 e. The number of H-pyrrole nitrogens is 1. The van der Waals surface area contributed by atoms with E-state index in [1.165, 1.54) is 28.5 Å². The molecule has 1 fully saturated rings. The van der Waals surface area contributed by atoms with Crippen LogP contribution >= 0.6 is 0 Å². The molecule has 0 radical (unpaired) electrons. The molecule has 0 spiro atoms. The number of likely N-dealkylation sites (tertiary alicyclic amines) is 1. The van der Waals surface area contributed by atoms with Crippen LogP contribution in [0.25, 0.3) is 5.57 Å². The van der Waals surface area contributed by atoms with Gasteiger partial charge >= 0.3 is 6.09 Å². The molecule has 0 saturated carbocycles. The third-order valence-corrected chi connectivity index (χ3v) is 6.30. The maximum absolute atomic E-state index is 12.7. The number of ether oxygens (including phenoxy) is 1. The molecule has 1 aliphatic carbocycles. The lowest BCUT2D eigenvalue weighted by Crippen LogP contribution is -2.38. The van der Waals surface area contributed by atoms with E-state index in [0.717, 1.165) is 42.5 Å². The number of piperidine rings is 1. The monoisotopic (exact) mass is 427 g/mol. The smallest absolute Gasteiger partial charge is 0.409 e. The molecule has 1 amide bonds. The number of benzene rings is 1. The number of fused-ring (bicyclic) bond motifs is 2. The lowest BCUT2D eigenvalue weighted by Gasteiger charge is -2.29. The fraction of sp³-hybridized carbons (Fsp3) is 0.269. The lowest BCUT2D eigenvalue weighted by molar-refractivity contribution is 0.148. The summed E-state index contributed by atoms with van der Waals surface area (Å²) < 4.78 is 5.46. The molecule has 1 aromatic carbocycles. The molecule has 1 saturated heterocycles. The van der Waals surface area contributed by atoms with Crippen molar-refractivity contribution in [3.8, 4) is 5.75 Å². The second-order valence-corrected chi connectivity index (χ2v) is 8.38. The van der Waals surface area contributed by atoms with Gasteiger partial charge in [-0.05, 0) is 55.9 Å². The fourth-order valence-corrected chi connectivity index (χ4v) is 4.70. The van der Waals surface area contributed by atoms with Crippen LogP contribution in [-0.2, 0) is 12.8 Å². The SMILES string of the molecule is Cc1ccc2c(c1)CCc1c([nH]ccc1=O)C2=C1CCN(C(=O)Oc2cccnc2)CC1. The molecule has 32 heavy (non-hydrogen) atoms. The van der Waals surface area contributed by atoms with Crippen LogP contribution in [0.3, 0.4) is 0 Å². The lowest BCUT2D eigenvalue weighted by atomic mass is 9.88. The molecule has 6 nitrogen and oxygen atoms in total. The molecule has 1 aliphatic heterocycles. The van der Waals surface area contributed by atoms with E-state index in [2.05, 4.69) is 35.1 Å². The van der Waals surface area contributed by atoms with E-state index in [1.807, 2.05) is 0 Å². The van der Waals surface area contributed by atoms with Crippen LogP contribution in [-0.4, -0.2) is 34.1 Å². The first-order valence-corrected chi connectivity index (χ1v) is 11.0. The largest absolute Gasteiger partial charge is 0.415 e. The van der Waals surface area contributed by atoms with Crippen molar-refractivity contribution in [2.75, 3.05) is 13.1 Å². The number of aromatic amines is 1. The summed E-state index contributed by atoms with van der Waals surface area (Å²) in [5.41, 5.74) is 7.95. The maximum Gasteiger partial charge on any atom is 0.415 e. The molecule has 3 aromatic rings. The summed E-state index contributed by atoms with van der Waals surface area (Å²) in [5.74, 6) is 0.446. The minimum absolute atomic E-state index is 0.0823. The van der Waals surface area contributed by atoms with Crippen molar-refractivity contribution >= 4 is 11.7 Å². The zero-order valence-electron chi connectivity index (χ0n) is 18.1. The first-order chi connectivity index (χ1) is 15.6. The topological polar surface area (TPSA) is 75.3 Å². The summed E-state index contributed by atoms with van der Waals surface area (Å²) >= 11 is 0. The first-order valence-electron chi connectivity index (χ1n) is 11.0. The summed E-state index contributed by atoms with van der Waals surface area (Å²) in [7, 11) is 0. The fourth-order valence-electron chi connectivity index (χ4n) is 4.70. The van der Waals surface area contributed by atoms with Crippen LogP contribution in [0.4, 0.5) is 4.79 Å². The number of carbonyl (C=O) groups is 1. The van der Waals surface area contributed by atoms with Gasteiger partial charge in [0.2, 0.25) is 0 Å². The molecule has 2 aromatic heterocycles. The number of pyridine rings is 2. The zero-order chi connectivity index (χ0) is 22.1. The van der Waals surface area contributed by atoms with Gasteiger partial charge in [0.05, 0.1) is 11.9 Å². The molecule has 162 valence electrons. The quantitative estimate of drug-likeness (QED) is 0.629. The maximum atomic E-state index is 12.7. The van der Waals surface area contributed by atoms with Crippen LogP contribution in [0.5, 0.6) is 5.75 Å². The average molecular weight is 428 g/mol. The molecule has 0 unspecified atom stereocenters. The normalized spacial score (nSPS) is 15.6. The summed E-state index contributed by atoms with van der Waals surface area (Å²) in [5, 5.41) is 0. The predicted octanol–water partition coefficient (Wildman–Crippen LogP) is 4.27. The third-order valence-electron chi connectivity index (χ3n) is 6.30. The van der Waals surface area contributed by atoms with Crippen molar-refractivity contribution in [1.29, 1.82) is 0 Å². The first kappa shape index (κ1) is 20.2. The van der Waals surface area contributed by atoms with Crippen LogP contribution in [0.15, 0.2) is 65.4 Å². The van der Waals surface area contributed by atoms with Crippen LogP contribution in [0.2, 0.25) is 0 Å². The van der Waals surface area contributed by atoms with E-state index in [1.54, 1.807) is 35.5 Å². The standard InChI is InChI=1S/C26H25N3O3/c1-17-4-6-21-19(15-17)5-7-22-23(30)8-12-28-25(22)24(21)18-9-13-29(14-10-18)26(31)32-20-3-2-11-27-16-20/h2-4,6,8,11-12,15-16H,5,7,9-10,13-14H2,1H3,(H,28,30). The molecule has 5 rings (SSSR count). The Kier molecular flexibility index (Phi) is 5.35. The van der Waals surface area contributed by atoms with Crippen molar-refractivity contribution in [3.63, 3.8) is 0 Å². The van der Waals surface area contributed by atoms with Gasteiger partial charge in [0.15, 0.2) is 11.2 Å². The van der Waals surface area contributed by atoms with Gasteiger partial charge in [0.1, 0.15) is 0 Å². The number of carbonyl (C=O) groups excluding carboxylic acids is 1. The Balaban J connectivity index is 1.48. The summed E-state index contributed by atoms with van der Waals surface area (Å²) in [4.78, 5) is 34.4. The van der Waals surface area contributed by atoms with Gasteiger partial charge in [-0.25, -0.2) is 4.79 Å². The second kappa shape index (κ2) is 8.46. The van der Waals surface area contributed by atoms with Gasteiger partial charge in [-0.15, -0.1) is 0 Å². The van der Waals surface area contributed by atoms with E-state index < -0.39 is 0 Å². The number of aromatic nitrogens is 2. The molecular formula is C26H25N3O3. The average Bonchev–Trinajstić information content (AvgIpc) is 2.97. The highest BCUT2D eigenvalue weighted by molar-refractivity contribution is 5.84. The number of nitrogens with zero attached hydrogens (tertiary/aromatic N) is 2. The van der Waals surface area contributed by atoms with Gasteiger partial charge in [0.25, 0.3) is 0 Å². The van der Waals surface area contributed by atoms with Gasteiger partial charge in [-0.2, -0.15) is 0 Å². The highest BCUT2D eigenvalue weighted by atomic mass is 16.6. The number of aryl methyl sites for hydroxylation is 2. The van der Waals surface area contributed by atoms with Gasteiger partial charge in [-0.3, -0.25) is 9.78 Å². The number of amides is 1. The number of rotatable bonds is 1.